The van der Waals surface area contributed by atoms with Crippen molar-refractivity contribution in [3.05, 3.63) is 58.4 Å². The summed E-state index contributed by atoms with van der Waals surface area (Å²) in [5.41, 5.74) is 3.22. The van der Waals surface area contributed by atoms with Gasteiger partial charge in [-0.25, -0.2) is 0 Å². The predicted octanol–water partition coefficient (Wildman–Crippen LogP) is 5.41. The lowest BCUT2D eigenvalue weighted by Crippen LogP contribution is -2.16. The van der Waals surface area contributed by atoms with Crippen LogP contribution in [0.25, 0.3) is 10.9 Å². The molecule has 1 aromatic carbocycles. The van der Waals surface area contributed by atoms with E-state index < -0.39 is 0 Å². The van der Waals surface area contributed by atoms with Crippen LogP contribution in [0, 0.1) is 12.8 Å². The smallest absolute Gasteiger partial charge is 0.0936 e. The molecule has 0 fully saturated rings. The molecule has 0 bridgehead atoms. The number of nitrogens with zero attached hydrogens (tertiary/aromatic N) is 1. The second kappa shape index (κ2) is 5.86. The number of hydrogen-bond acceptors (Lipinski definition) is 3. The maximum absolute atomic E-state index is 4.71. The van der Waals surface area contributed by atoms with Gasteiger partial charge < -0.3 is 5.32 Å². The van der Waals surface area contributed by atoms with Gasteiger partial charge in [0, 0.05) is 16.0 Å². The van der Waals surface area contributed by atoms with E-state index >= 15 is 0 Å². The number of hydrogen-bond donors (Lipinski definition) is 1. The Balaban J connectivity index is 2.02. The van der Waals surface area contributed by atoms with Crippen molar-refractivity contribution in [3.63, 3.8) is 0 Å². The van der Waals surface area contributed by atoms with Crippen LogP contribution in [0.4, 0.5) is 5.69 Å². The minimum atomic E-state index is 0.318. The van der Waals surface area contributed by atoms with E-state index in [1.807, 2.05) is 6.92 Å². The number of aryl methyl sites for hydroxylation is 1. The van der Waals surface area contributed by atoms with Gasteiger partial charge in [0.2, 0.25) is 0 Å². The van der Waals surface area contributed by atoms with Crippen molar-refractivity contribution in [1.29, 1.82) is 0 Å². The average molecular weight is 296 g/mol. The summed E-state index contributed by atoms with van der Waals surface area (Å²) in [6.07, 6.45) is 0. The molecule has 0 aliphatic heterocycles. The first-order valence-electron chi connectivity index (χ1n) is 7.31. The molecule has 3 aromatic rings. The van der Waals surface area contributed by atoms with Gasteiger partial charge in [-0.1, -0.05) is 38.1 Å². The van der Waals surface area contributed by atoms with Crippen LogP contribution in [0.1, 0.15) is 30.5 Å². The molecular weight excluding hydrogens is 276 g/mol. The number of para-hydroxylation sites is 1. The Morgan fingerprint density at radius 2 is 1.90 bits per heavy atom. The summed E-state index contributed by atoms with van der Waals surface area (Å²) >= 11 is 1.80. The Kier molecular flexibility index (Phi) is 3.93. The van der Waals surface area contributed by atoms with Gasteiger partial charge in [-0.2, -0.15) is 0 Å². The third kappa shape index (κ3) is 2.93. The number of fused-ring (bicyclic) bond motifs is 1. The van der Waals surface area contributed by atoms with Crippen molar-refractivity contribution in [3.8, 4) is 0 Å². The monoisotopic (exact) mass is 296 g/mol. The number of pyridine rings is 1. The summed E-state index contributed by atoms with van der Waals surface area (Å²) < 4.78 is 0. The molecule has 2 nitrogen and oxygen atoms in total. The minimum absolute atomic E-state index is 0.318. The van der Waals surface area contributed by atoms with Gasteiger partial charge in [0.05, 0.1) is 17.2 Å². The highest BCUT2D eigenvalue weighted by molar-refractivity contribution is 7.10. The first kappa shape index (κ1) is 14.1. The zero-order valence-corrected chi connectivity index (χ0v) is 13.4. The summed E-state index contributed by atoms with van der Waals surface area (Å²) in [4.78, 5) is 6.08. The van der Waals surface area contributed by atoms with E-state index in [0.717, 1.165) is 16.9 Å². The molecule has 0 spiro atoms. The zero-order valence-electron chi connectivity index (χ0n) is 12.6. The fourth-order valence-corrected chi connectivity index (χ4v) is 3.51. The number of anilines is 1. The van der Waals surface area contributed by atoms with Crippen LogP contribution in [0.2, 0.25) is 0 Å². The van der Waals surface area contributed by atoms with Crippen molar-refractivity contribution in [2.75, 3.05) is 5.32 Å². The van der Waals surface area contributed by atoms with E-state index in [1.165, 1.54) is 10.3 Å². The van der Waals surface area contributed by atoms with Crippen LogP contribution in [-0.2, 0) is 0 Å². The molecule has 3 rings (SSSR count). The van der Waals surface area contributed by atoms with Gasteiger partial charge in [0.15, 0.2) is 0 Å². The Morgan fingerprint density at radius 1 is 1.05 bits per heavy atom. The number of aromatic nitrogens is 1. The maximum atomic E-state index is 4.71. The molecule has 2 heterocycles. The largest absolute Gasteiger partial charge is 0.375 e. The summed E-state index contributed by atoms with van der Waals surface area (Å²) in [6.45, 7) is 6.54. The van der Waals surface area contributed by atoms with E-state index in [1.54, 1.807) is 11.3 Å². The zero-order chi connectivity index (χ0) is 14.8. The fourth-order valence-electron chi connectivity index (χ4n) is 2.56. The molecule has 0 saturated carbocycles. The lowest BCUT2D eigenvalue weighted by atomic mass is 10.0. The second-order valence-corrected chi connectivity index (χ2v) is 6.69. The molecule has 21 heavy (non-hydrogen) atoms. The molecule has 108 valence electrons. The van der Waals surface area contributed by atoms with Crippen LogP contribution in [0.3, 0.4) is 0 Å². The molecule has 3 heteroatoms. The molecular formula is C18H20N2S. The van der Waals surface area contributed by atoms with Crippen molar-refractivity contribution in [2.24, 2.45) is 5.92 Å². The van der Waals surface area contributed by atoms with E-state index in [2.05, 4.69) is 67.0 Å². The van der Waals surface area contributed by atoms with Crippen molar-refractivity contribution in [2.45, 2.75) is 26.8 Å². The summed E-state index contributed by atoms with van der Waals surface area (Å²) in [6, 6.07) is 15.2. The van der Waals surface area contributed by atoms with Crippen LogP contribution in [-0.4, -0.2) is 4.98 Å². The first-order chi connectivity index (χ1) is 10.1. The Morgan fingerprint density at radius 3 is 2.62 bits per heavy atom. The molecule has 1 N–H and O–H groups in total. The number of thiophene rings is 1. The molecule has 0 saturated heterocycles. The van der Waals surface area contributed by atoms with Crippen LogP contribution >= 0.6 is 11.3 Å². The predicted molar refractivity (Wildman–Crippen MR) is 92.0 cm³/mol. The van der Waals surface area contributed by atoms with Crippen LogP contribution in [0.15, 0.2) is 47.8 Å². The third-order valence-corrected chi connectivity index (χ3v) is 4.64. The number of benzene rings is 1. The second-order valence-electron chi connectivity index (χ2n) is 5.71. The molecule has 1 atom stereocenters. The third-order valence-electron chi connectivity index (χ3n) is 3.69. The van der Waals surface area contributed by atoms with Crippen LogP contribution in [0.5, 0.6) is 0 Å². The average Bonchev–Trinajstić information content (AvgIpc) is 2.98. The molecule has 1 unspecified atom stereocenters. The lowest BCUT2D eigenvalue weighted by Gasteiger charge is -2.23. The number of nitrogens with one attached hydrogen (secondary N) is 1. The van der Waals surface area contributed by atoms with E-state index in [4.69, 9.17) is 4.98 Å². The maximum Gasteiger partial charge on any atom is 0.0936 e. The van der Waals surface area contributed by atoms with Crippen molar-refractivity contribution >= 4 is 27.9 Å². The normalized spacial score (nSPS) is 12.8. The Labute approximate surface area is 129 Å². The number of rotatable bonds is 4. The summed E-state index contributed by atoms with van der Waals surface area (Å²) in [7, 11) is 0. The quantitative estimate of drug-likeness (QED) is 0.696. The van der Waals surface area contributed by atoms with Gasteiger partial charge in [0.1, 0.15) is 0 Å². The Bertz CT molecular complexity index is 732. The van der Waals surface area contributed by atoms with Crippen molar-refractivity contribution in [1.82, 2.24) is 4.98 Å². The molecule has 0 radical (unpaired) electrons. The van der Waals surface area contributed by atoms with E-state index in [9.17, 15) is 0 Å². The first-order valence-corrected chi connectivity index (χ1v) is 8.19. The van der Waals surface area contributed by atoms with Gasteiger partial charge in [-0.3, -0.25) is 4.98 Å². The standard InChI is InChI=1S/C18H20N2S/c1-12(2)17(16-8-5-11-21-16)20-15-7-4-6-14-10-9-13(3)19-18(14)15/h4-12,17,20H,1-3H3. The highest BCUT2D eigenvalue weighted by Gasteiger charge is 2.17. The SMILES string of the molecule is Cc1ccc2cccc(NC(c3cccs3)C(C)C)c2n1. The molecule has 0 aliphatic rings. The fraction of sp³-hybridized carbons (Fsp3) is 0.278. The Hall–Kier alpha value is -1.87. The van der Waals surface area contributed by atoms with Gasteiger partial charge >= 0.3 is 0 Å². The van der Waals surface area contributed by atoms with Crippen LogP contribution < -0.4 is 5.32 Å². The van der Waals surface area contributed by atoms with Gasteiger partial charge in [-0.15, -0.1) is 11.3 Å². The molecule has 2 aromatic heterocycles. The van der Waals surface area contributed by atoms with E-state index in [-0.39, 0.29) is 0 Å². The lowest BCUT2D eigenvalue weighted by molar-refractivity contribution is 0.554. The molecule has 0 aliphatic carbocycles. The topological polar surface area (TPSA) is 24.9 Å². The van der Waals surface area contributed by atoms with E-state index in [0.29, 0.717) is 12.0 Å². The van der Waals surface area contributed by atoms with Gasteiger partial charge in [-0.05, 0) is 36.4 Å². The minimum Gasteiger partial charge on any atom is -0.375 e. The highest BCUT2D eigenvalue weighted by atomic mass is 32.1. The van der Waals surface area contributed by atoms with Gasteiger partial charge in [0.25, 0.3) is 0 Å². The summed E-state index contributed by atoms with van der Waals surface area (Å²) in [5, 5.41) is 7.02. The molecule has 0 amide bonds. The highest BCUT2D eigenvalue weighted by Crippen LogP contribution is 2.32. The van der Waals surface area contributed by atoms with Crippen molar-refractivity contribution < 1.29 is 0 Å². The summed E-state index contributed by atoms with van der Waals surface area (Å²) in [5.74, 6) is 0.517.